The smallest absolute Gasteiger partial charge is 0.0818 e. The third kappa shape index (κ3) is 2.73. The van der Waals surface area contributed by atoms with E-state index in [1.165, 1.54) is 12.8 Å². The molecule has 0 bridgehead atoms. The summed E-state index contributed by atoms with van der Waals surface area (Å²) in [6, 6.07) is 1.15. The molecule has 2 rings (SSSR count). The summed E-state index contributed by atoms with van der Waals surface area (Å²) in [6.07, 6.45) is 5.37. The molecule has 4 heteroatoms. The first kappa shape index (κ1) is 11.0. The molecule has 1 heterocycles. The van der Waals surface area contributed by atoms with E-state index in [1.807, 2.05) is 4.68 Å². The summed E-state index contributed by atoms with van der Waals surface area (Å²) in [5.41, 5.74) is 1.15. The van der Waals surface area contributed by atoms with Gasteiger partial charge in [-0.3, -0.25) is 4.68 Å². The van der Waals surface area contributed by atoms with Crippen LogP contribution in [0.4, 0.5) is 0 Å². The summed E-state index contributed by atoms with van der Waals surface area (Å²) in [6.45, 7) is 5.26. The van der Waals surface area contributed by atoms with Crippen LogP contribution in [0, 0.1) is 0 Å². The predicted octanol–water partition coefficient (Wildman–Crippen LogP) is 2.41. The van der Waals surface area contributed by atoms with Crippen molar-refractivity contribution in [3.05, 3.63) is 16.9 Å². The number of nitrogens with one attached hydrogen (secondary N) is 1. The number of aromatic nitrogens is 2. The third-order valence-electron chi connectivity index (χ3n) is 2.71. The lowest BCUT2D eigenvalue weighted by Crippen LogP contribution is -2.21. The number of halogens is 1. The number of hydrogen-bond acceptors (Lipinski definition) is 2. The predicted molar refractivity (Wildman–Crippen MR) is 62.4 cm³/mol. The minimum Gasteiger partial charge on any atom is -0.314 e. The lowest BCUT2D eigenvalue weighted by Gasteiger charge is -2.11. The van der Waals surface area contributed by atoms with Crippen LogP contribution in [0.25, 0.3) is 0 Å². The number of rotatable bonds is 5. The van der Waals surface area contributed by atoms with Crippen LogP contribution in [-0.2, 0) is 6.42 Å². The van der Waals surface area contributed by atoms with Gasteiger partial charge in [-0.05, 0) is 26.7 Å². The minimum atomic E-state index is 0.383. The van der Waals surface area contributed by atoms with Crippen LogP contribution in [-0.4, -0.2) is 22.4 Å². The topological polar surface area (TPSA) is 29.9 Å². The first-order valence-corrected chi connectivity index (χ1v) is 6.01. The molecule has 1 aliphatic rings. The quantitative estimate of drug-likeness (QED) is 0.838. The van der Waals surface area contributed by atoms with Gasteiger partial charge in [-0.25, -0.2) is 0 Å². The normalized spacial score (nSPS) is 16.3. The van der Waals surface area contributed by atoms with Crippen LogP contribution in [0.1, 0.15) is 38.4 Å². The molecule has 0 aromatic carbocycles. The highest BCUT2D eigenvalue weighted by atomic mass is 35.5. The maximum atomic E-state index is 6.11. The van der Waals surface area contributed by atoms with Gasteiger partial charge in [0.2, 0.25) is 0 Å². The Balaban J connectivity index is 1.94. The molecule has 0 atom stereocenters. The second-order valence-corrected chi connectivity index (χ2v) is 4.86. The highest BCUT2D eigenvalue weighted by Gasteiger charge is 2.20. The molecule has 1 N–H and O–H groups in total. The molecule has 0 radical (unpaired) electrons. The lowest BCUT2D eigenvalue weighted by molar-refractivity contribution is 0.503. The Hall–Kier alpha value is -0.540. The second kappa shape index (κ2) is 4.54. The van der Waals surface area contributed by atoms with Crippen molar-refractivity contribution in [1.82, 2.24) is 15.1 Å². The summed E-state index contributed by atoms with van der Waals surface area (Å²) in [5, 5.41) is 8.57. The molecule has 0 amide bonds. The molecule has 15 heavy (non-hydrogen) atoms. The molecule has 3 nitrogen and oxygen atoms in total. The molecule has 1 aromatic heterocycles. The van der Waals surface area contributed by atoms with Crippen LogP contribution >= 0.6 is 11.6 Å². The van der Waals surface area contributed by atoms with Crippen LogP contribution in [0.15, 0.2) is 6.20 Å². The third-order valence-corrected chi connectivity index (χ3v) is 3.02. The van der Waals surface area contributed by atoms with Crippen molar-refractivity contribution in [2.45, 2.75) is 45.2 Å². The van der Waals surface area contributed by atoms with Gasteiger partial charge >= 0.3 is 0 Å². The minimum absolute atomic E-state index is 0.383. The Labute approximate surface area is 95.8 Å². The van der Waals surface area contributed by atoms with E-state index in [4.69, 9.17) is 11.6 Å². The van der Waals surface area contributed by atoms with E-state index in [2.05, 4.69) is 24.3 Å². The van der Waals surface area contributed by atoms with E-state index in [0.717, 1.165) is 29.7 Å². The largest absolute Gasteiger partial charge is 0.314 e. The summed E-state index contributed by atoms with van der Waals surface area (Å²) < 4.78 is 2.01. The molecular formula is C11H18ClN3. The zero-order valence-electron chi connectivity index (χ0n) is 9.33. The standard InChI is InChI=1S/C11H18ClN3/c1-8(2)15-11(10(12)7-14-15)5-6-13-9-3-4-9/h7-9,13H,3-6H2,1-2H3. The molecule has 84 valence electrons. The first-order chi connectivity index (χ1) is 7.18. The van der Waals surface area contributed by atoms with E-state index in [1.54, 1.807) is 6.20 Å². The molecule has 0 aliphatic heterocycles. The van der Waals surface area contributed by atoms with Crippen LogP contribution < -0.4 is 5.32 Å². The molecular weight excluding hydrogens is 210 g/mol. The molecule has 0 saturated heterocycles. The van der Waals surface area contributed by atoms with Gasteiger partial charge in [0.1, 0.15) is 0 Å². The SMILES string of the molecule is CC(C)n1ncc(Cl)c1CCNC1CC1. The lowest BCUT2D eigenvalue weighted by atomic mass is 10.3. The highest BCUT2D eigenvalue weighted by Crippen LogP contribution is 2.21. The van der Waals surface area contributed by atoms with Crippen molar-refractivity contribution in [3.63, 3.8) is 0 Å². The Morgan fingerprint density at radius 1 is 1.60 bits per heavy atom. The summed E-state index contributed by atoms with van der Waals surface area (Å²) in [4.78, 5) is 0. The molecule has 1 saturated carbocycles. The van der Waals surface area contributed by atoms with Gasteiger partial charge in [0.15, 0.2) is 0 Å². The maximum Gasteiger partial charge on any atom is 0.0818 e. The van der Waals surface area contributed by atoms with Gasteiger partial charge in [0.25, 0.3) is 0 Å². The van der Waals surface area contributed by atoms with Gasteiger partial charge in [0, 0.05) is 25.0 Å². The Bertz CT molecular complexity index is 329. The van der Waals surface area contributed by atoms with Crippen molar-refractivity contribution in [1.29, 1.82) is 0 Å². The van der Waals surface area contributed by atoms with Crippen LogP contribution in [0.3, 0.4) is 0 Å². The molecule has 1 fully saturated rings. The van der Waals surface area contributed by atoms with Crippen molar-refractivity contribution >= 4 is 11.6 Å². The zero-order chi connectivity index (χ0) is 10.8. The fraction of sp³-hybridized carbons (Fsp3) is 0.727. The average Bonchev–Trinajstić information content (AvgIpc) is 2.92. The van der Waals surface area contributed by atoms with Crippen LogP contribution in [0.2, 0.25) is 5.02 Å². The molecule has 0 spiro atoms. The van der Waals surface area contributed by atoms with Gasteiger partial charge in [0.05, 0.1) is 16.9 Å². The highest BCUT2D eigenvalue weighted by molar-refractivity contribution is 6.31. The van der Waals surface area contributed by atoms with E-state index in [-0.39, 0.29) is 0 Å². The van der Waals surface area contributed by atoms with Crippen molar-refractivity contribution in [2.75, 3.05) is 6.54 Å². The van der Waals surface area contributed by atoms with Crippen molar-refractivity contribution < 1.29 is 0 Å². The Morgan fingerprint density at radius 3 is 2.93 bits per heavy atom. The van der Waals surface area contributed by atoms with Gasteiger partial charge < -0.3 is 5.32 Å². The Kier molecular flexibility index (Phi) is 3.32. The van der Waals surface area contributed by atoms with E-state index < -0.39 is 0 Å². The fourth-order valence-electron chi connectivity index (χ4n) is 1.73. The maximum absolute atomic E-state index is 6.11. The van der Waals surface area contributed by atoms with Gasteiger partial charge in [-0.2, -0.15) is 5.10 Å². The van der Waals surface area contributed by atoms with E-state index in [9.17, 15) is 0 Å². The Morgan fingerprint density at radius 2 is 2.33 bits per heavy atom. The summed E-state index contributed by atoms with van der Waals surface area (Å²) in [5.74, 6) is 0. The average molecular weight is 228 g/mol. The van der Waals surface area contributed by atoms with Gasteiger partial charge in [-0.1, -0.05) is 11.6 Å². The molecule has 1 aromatic rings. The van der Waals surface area contributed by atoms with E-state index >= 15 is 0 Å². The first-order valence-electron chi connectivity index (χ1n) is 5.63. The van der Waals surface area contributed by atoms with Crippen molar-refractivity contribution in [3.8, 4) is 0 Å². The molecule has 0 unspecified atom stereocenters. The number of hydrogen-bond donors (Lipinski definition) is 1. The van der Waals surface area contributed by atoms with E-state index in [0.29, 0.717) is 6.04 Å². The zero-order valence-corrected chi connectivity index (χ0v) is 10.1. The number of nitrogens with zero attached hydrogens (tertiary/aromatic N) is 2. The van der Waals surface area contributed by atoms with Gasteiger partial charge in [-0.15, -0.1) is 0 Å². The fourth-order valence-corrected chi connectivity index (χ4v) is 1.95. The monoisotopic (exact) mass is 227 g/mol. The summed E-state index contributed by atoms with van der Waals surface area (Å²) in [7, 11) is 0. The van der Waals surface area contributed by atoms with Crippen molar-refractivity contribution in [2.24, 2.45) is 0 Å². The molecule has 1 aliphatic carbocycles. The second-order valence-electron chi connectivity index (χ2n) is 4.46. The van der Waals surface area contributed by atoms with Crippen LogP contribution in [0.5, 0.6) is 0 Å². The summed E-state index contributed by atoms with van der Waals surface area (Å²) >= 11 is 6.11.